The van der Waals surface area contributed by atoms with Gasteiger partial charge in [-0.3, -0.25) is 4.79 Å². The first kappa shape index (κ1) is 24.6. The monoisotopic (exact) mass is 469 g/mol. The summed E-state index contributed by atoms with van der Waals surface area (Å²) in [6.07, 6.45) is 4.19. The summed E-state index contributed by atoms with van der Waals surface area (Å²) in [4.78, 5) is 27.4. The maximum absolute atomic E-state index is 13.4. The molecule has 1 aromatic heterocycles. The number of carbonyl (C=O) groups is 2. The molecule has 0 spiro atoms. The zero-order valence-electron chi connectivity index (χ0n) is 20.4. The number of hydrogen-bond acceptors (Lipinski definition) is 4. The first-order valence-electron chi connectivity index (χ1n) is 12.4. The molecule has 4 rings (SSSR count). The molecule has 0 atom stereocenters. The third-order valence-corrected chi connectivity index (χ3v) is 6.25. The summed E-state index contributed by atoms with van der Waals surface area (Å²) in [5, 5.41) is 12.0. The topological polar surface area (TPSA) is 80.1 Å². The van der Waals surface area contributed by atoms with E-state index in [9.17, 15) is 9.59 Å². The first-order chi connectivity index (χ1) is 17.1. The second-order valence-electron chi connectivity index (χ2n) is 8.80. The molecular weight excluding hydrogens is 437 g/mol. The number of carbonyl (C=O) groups excluding carboxylic acids is 2. The fraction of sp³-hybridized carbons (Fsp3) is 0.370. The maximum atomic E-state index is 13.4. The molecule has 1 N–H and O–H groups in total. The van der Waals surface area contributed by atoms with Crippen LogP contribution in [-0.4, -0.2) is 46.7 Å². The SMILES string of the molecule is C=BCCCCn1nnc2c1-c1ccccc1CN(C(=O)CCC(=O)NCCC)c1ccccc1-2. The Kier molecular flexibility index (Phi) is 8.24. The molecule has 0 radical (unpaired) electrons. The van der Waals surface area contributed by atoms with Crippen LogP contribution in [0, 0.1) is 0 Å². The minimum atomic E-state index is -0.0948. The van der Waals surface area contributed by atoms with Crippen molar-refractivity contribution < 1.29 is 9.59 Å². The van der Waals surface area contributed by atoms with Crippen LogP contribution in [0.5, 0.6) is 0 Å². The van der Waals surface area contributed by atoms with Gasteiger partial charge < -0.3 is 5.32 Å². The summed E-state index contributed by atoms with van der Waals surface area (Å²) in [5.74, 6) is -0.179. The van der Waals surface area contributed by atoms with E-state index in [1.807, 2.05) is 54.9 Å². The van der Waals surface area contributed by atoms with E-state index in [0.29, 0.717) is 13.1 Å². The average Bonchev–Trinajstić information content (AvgIpc) is 3.29. The molecular formula is C27H32BN5O2. The van der Waals surface area contributed by atoms with Gasteiger partial charge >= 0.3 is 165 Å². The predicted octanol–water partition coefficient (Wildman–Crippen LogP) is 4.10. The van der Waals surface area contributed by atoms with E-state index >= 15 is 0 Å². The van der Waals surface area contributed by atoms with Crippen LogP contribution in [0.2, 0.25) is 6.32 Å². The second kappa shape index (κ2) is 11.7. The van der Waals surface area contributed by atoms with Crippen LogP contribution in [0.15, 0.2) is 48.5 Å². The number of aryl methyl sites for hydroxylation is 1. The summed E-state index contributed by atoms with van der Waals surface area (Å²) in [6.45, 7) is 9.57. The molecule has 0 fully saturated rings. The number of aromatic nitrogens is 3. The standard InChI is InChI=1S/C27H32BN5O2/c1-3-17-29-24(34)14-15-25(35)32-19-20-10-4-5-11-21(20)27-26(22-12-6-7-13-23(22)32)30-31-33(27)18-9-8-16-28-2/h4-7,10-13H,2-3,8-9,14-19H2,1H3,(H,29,34). The molecule has 3 aromatic rings. The molecule has 7 nitrogen and oxygen atoms in total. The number of benzene rings is 2. The summed E-state index contributed by atoms with van der Waals surface area (Å²) >= 11 is 0. The Labute approximate surface area is 207 Å². The summed E-state index contributed by atoms with van der Waals surface area (Å²) < 4.78 is 1.99. The summed E-state index contributed by atoms with van der Waals surface area (Å²) in [6, 6.07) is 16.0. The van der Waals surface area contributed by atoms with Crippen LogP contribution in [0.4, 0.5) is 5.69 Å². The van der Waals surface area contributed by atoms with Gasteiger partial charge in [0.2, 0.25) is 5.91 Å². The van der Waals surface area contributed by atoms with Gasteiger partial charge in [0.15, 0.2) is 0 Å². The van der Waals surface area contributed by atoms with Gasteiger partial charge in [-0.2, -0.15) is 0 Å². The van der Waals surface area contributed by atoms with Gasteiger partial charge in [0.25, 0.3) is 0 Å². The van der Waals surface area contributed by atoms with E-state index < -0.39 is 0 Å². The van der Waals surface area contributed by atoms with Crippen molar-refractivity contribution in [3.05, 3.63) is 54.1 Å². The van der Waals surface area contributed by atoms with Gasteiger partial charge in [0, 0.05) is 13.0 Å². The van der Waals surface area contributed by atoms with Crippen molar-refractivity contribution in [2.75, 3.05) is 11.4 Å². The summed E-state index contributed by atoms with van der Waals surface area (Å²) in [7, 11) is 0. The van der Waals surface area contributed by atoms with Crippen LogP contribution in [0.1, 0.15) is 44.6 Å². The van der Waals surface area contributed by atoms with Gasteiger partial charge in [-0.15, -0.1) is 0 Å². The predicted molar refractivity (Wildman–Crippen MR) is 142 cm³/mol. The van der Waals surface area contributed by atoms with Crippen LogP contribution >= 0.6 is 0 Å². The Hall–Kier alpha value is -3.55. The number of nitrogens with one attached hydrogen (secondary N) is 1. The number of amides is 2. The quantitative estimate of drug-likeness (QED) is 0.358. The zero-order valence-corrected chi connectivity index (χ0v) is 20.4. The number of hydrogen-bond donors (Lipinski definition) is 1. The number of rotatable bonds is 10. The van der Waals surface area contributed by atoms with E-state index in [2.05, 4.69) is 34.2 Å². The number of anilines is 1. The van der Waals surface area contributed by atoms with Crippen LogP contribution in [0.25, 0.3) is 22.5 Å². The van der Waals surface area contributed by atoms with Crippen molar-refractivity contribution in [1.82, 2.24) is 20.3 Å². The van der Waals surface area contributed by atoms with Crippen LogP contribution in [0.3, 0.4) is 0 Å². The van der Waals surface area contributed by atoms with Crippen molar-refractivity contribution in [2.24, 2.45) is 0 Å². The normalized spacial score (nSPS) is 12.0. The Morgan fingerprint density at radius 3 is 2.63 bits per heavy atom. The molecule has 2 heterocycles. The van der Waals surface area contributed by atoms with E-state index in [1.165, 1.54) is 0 Å². The number of para-hydroxylation sites is 1. The second-order valence-corrected chi connectivity index (χ2v) is 8.80. The molecule has 1 aliphatic heterocycles. The molecule has 0 unspecified atom stereocenters. The van der Waals surface area contributed by atoms with E-state index in [1.54, 1.807) is 4.90 Å². The summed E-state index contributed by atoms with van der Waals surface area (Å²) in [5.41, 5.74) is 5.48. The van der Waals surface area contributed by atoms with Gasteiger partial charge in [-0.1, -0.05) is 6.92 Å². The molecule has 180 valence electrons. The third-order valence-electron chi connectivity index (χ3n) is 6.25. The van der Waals surface area contributed by atoms with E-state index in [4.69, 9.17) is 0 Å². The molecule has 35 heavy (non-hydrogen) atoms. The molecule has 2 aromatic carbocycles. The van der Waals surface area contributed by atoms with Gasteiger partial charge in [0.05, 0.1) is 0 Å². The molecule has 0 aliphatic carbocycles. The molecule has 0 saturated heterocycles. The number of unbranched alkanes of at least 4 members (excludes halogenated alkanes) is 1. The average molecular weight is 469 g/mol. The molecule has 1 aliphatic rings. The molecule has 8 heteroatoms. The van der Waals surface area contributed by atoms with Crippen molar-refractivity contribution in [3.8, 4) is 22.5 Å². The Bertz CT molecular complexity index is 1210. The van der Waals surface area contributed by atoms with E-state index in [0.717, 1.165) is 65.9 Å². The van der Waals surface area contributed by atoms with E-state index in [-0.39, 0.29) is 24.7 Å². The fourth-order valence-electron chi connectivity index (χ4n) is 4.45. The minimum absolute atomic E-state index is 0.0841. The van der Waals surface area contributed by atoms with Crippen molar-refractivity contribution in [2.45, 2.75) is 58.4 Å². The van der Waals surface area contributed by atoms with Gasteiger partial charge in [0.1, 0.15) is 0 Å². The fourth-order valence-corrected chi connectivity index (χ4v) is 4.45. The molecule has 0 saturated carbocycles. The number of nitrogens with zero attached hydrogens (tertiary/aromatic N) is 4. The van der Waals surface area contributed by atoms with Crippen LogP contribution < -0.4 is 10.2 Å². The Morgan fingerprint density at radius 2 is 1.83 bits per heavy atom. The zero-order chi connectivity index (χ0) is 24.6. The van der Waals surface area contributed by atoms with Crippen molar-refractivity contribution in [3.63, 3.8) is 0 Å². The van der Waals surface area contributed by atoms with Crippen LogP contribution in [-0.2, 0) is 22.7 Å². The van der Waals surface area contributed by atoms with Gasteiger partial charge in [-0.25, -0.2) is 0 Å². The Morgan fingerprint density at radius 1 is 1.06 bits per heavy atom. The number of fused-ring (bicyclic) bond motifs is 5. The Balaban J connectivity index is 1.71. The molecule has 2 amide bonds. The first-order valence-corrected chi connectivity index (χ1v) is 12.4. The van der Waals surface area contributed by atoms with Crippen molar-refractivity contribution in [1.29, 1.82) is 0 Å². The molecule has 0 bridgehead atoms. The van der Waals surface area contributed by atoms with Crippen molar-refractivity contribution >= 4 is 30.9 Å². The van der Waals surface area contributed by atoms with Gasteiger partial charge in [-0.05, 0) is 6.42 Å². The third kappa shape index (κ3) is 5.58.